The monoisotopic (exact) mass is 986 g/mol. The summed E-state index contributed by atoms with van der Waals surface area (Å²) in [6.07, 6.45) is 4.24. The number of carbonyl (C=O) groups is 8. The van der Waals surface area contributed by atoms with Crippen molar-refractivity contribution in [3.8, 4) is 5.75 Å². The molecule has 8 rings (SSSR count). The van der Waals surface area contributed by atoms with Gasteiger partial charge in [-0.05, 0) is 92.2 Å². The van der Waals surface area contributed by atoms with Crippen molar-refractivity contribution >= 4 is 97.9 Å². The van der Waals surface area contributed by atoms with E-state index in [0.29, 0.717) is 90.3 Å². The number of rotatable bonds is 18. The van der Waals surface area contributed by atoms with E-state index in [9.17, 15) is 38.4 Å². The minimum absolute atomic E-state index is 0.115. The smallest absolute Gasteiger partial charge is 0.409 e. The van der Waals surface area contributed by atoms with Gasteiger partial charge in [0, 0.05) is 115 Å². The zero-order valence-corrected chi connectivity index (χ0v) is 39.9. The summed E-state index contributed by atoms with van der Waals surface area (Å²) in [5, 5.41) is 13.2. The molecule has 5 aromatic rings. The van der Waals surface area contributed by atoms with E-state index in [-0.39, 0.29) is 61.4 Å². The van der Waals surface area contributed by atoms with Gasteiger partial charge in [0.1, 0.15) is 17.5 Å². The number of nitrogens with two attached hydrogens (primary N) is 1. The van der Waals surface area contributed by atoms with Crippen molar-refractivity contribution < 1.29 is 43.1 Å². The number of carbonyl (C=O) groups excluding carboxylic acids is 8. The summed E-state index contributed by atoms with van der Waals surface area (Å²) in [6.45, 7) is 3.35. The number of likely N-dealkylation sites (N-methyl/N-ethyl adjacent to an activating group) is 1. The predicted octanol–water partition coefficient (Wildman–Crippen LogP) is 5.66. The molecule has 7 N–H and O–H groups in total. The molecule has 0 aliphatic carbocycles. The number of nitrogens with zero attached hydrogens (tertiary/aromatic N) is 4. The second kappa shape index (κ2) is 22.3. The molecule has 0 saturated carbocycles. The molecule has 20 heteroatoms. The first-order valence-electron chi connectivity index (χ1n) is 23.6. The predicted molar refractivity (Wildman–Crippen MR) is 269 cm³/mol. The van der Waals surface area contributed by atoms with Crippen LogP contribution in [0.5, 0.6) is 5.75 Å². The number of halogens is 1. The van der Waals surface area contributed by atoms with Gasteiger partial charge in [-0.2, -0.15) is 0 Å². The van der Waals surface area contributed by atoms with Crippen molar-refractivity contribution in [2.24, 2.45) is 5.73 Å². The molecule has 19 nitrogen and oxygen atoms in total. The number of primary amides is 1. The van der Waals surface area contributed by atoms with Crippen LogP contribution in [0.25, 0.3) is 21.7 Å². The first-order chi connectivity index (χ1) is 34.3. The summed E-state index contributed by atoms with van der Waals surface area (Å²) in [5.74, 6) is -1.84. The van der Waals surface area contributed by atoms with E-state index < -0.39 is 30.0 Å². The molecule has 4 aromatic carbocycles. The Hall–Kier alpha value is -7.77. The Morgan fingerprint density at radius 3 is 2.27 bits per heavy atom. The van der Waals surface area contributed by atoms with E-state index in [1.165, 1.54) is 12.2 Å². The number of benzene rings is 4. The molecule has 4 heterocycles. The third-order valence-corrected chi connectivity index (χ3v) is 13.2. The average Bonchev–Trinajstić information content (AvgIpc) is 4.06. The number of amides is 9. The average molecular weight is 988 g/mol. The van der Waals surface area contributed by atoms with Gasteiger partial charge in [0.25, 0.3) is 23.6 Å². The van der Waals surface area contributed by atoms with Crippen LogP contribution in [0.15, 0.2) is 91.0 Å². The number of hydrogen-bond acceptors (Lipinski definition) is 10. The van der Waals surface area contributed by atoms with Gasteiger partial charge in [-0.1, -0.05) is 30.7 Å². The van der Waals surface area contributed by atoms with Gasteiger partial charge in [0.05, 0.1) is 5.69 Å². The summed E-state index contributed by atoms with van der Waals surface area (Å²) in [7, 11) is 2.01. The van der Waals surface area contributed by atoms with Crippen molar-refractivity contribution in [2.45, 2.75) is 50.5 Å². The summed E-state index contributed by atoms with van der Waals surface area (Å²) in [4.78, 5) is 112. The highest BCUT2D eigenvalue weighted by Gasteiger charge is 2.36. The normalized spacial score (nSPS) is 16.0. The number of unbranched alkanes of at least 4 members (excludes halogenated alkanes) is 2. The van der Waals surface area contributed by atoms with Crippen molar-refractivity contribution in [3.05, 3.63) is 108 Å². The second-order valence-corrected chi connectivity index (χ2v) is 18.1. The van der Waals surface area contributed by atoms with Gasteiger partial charge in [-0.25, -0.2) is 9.59 Å². The Labute approximate surface area is 414 Å². The maximum absolute atomic E-state index is 14.4. The summed E-state index contributed by atoms with van der Waals surface area (Å²) >= 11 is 6.54. The first-order valence-corrected chi connectivity index (χ1v) is 24.1. The Morgan fingerprint density at radius 1 is 0.831 bits per heavy atom. The molecule has 0 radical (unpaired) electrons. The van der Waals surface area contributed by atoms with E-state index in [1.807, 2.05) is 31.3 Å². The highest BCUT2D eigenvalue weighted by Crippen LogP contribution is 2.46. The lowest BCUT2D eigenvalue weighted by Gasteiger charge is -2.31. The minimum atomic E-state index is -0.948. The number of urea groups is 1. The number of ether oxygens (including phenoxy) is 1. The summed E-state index contributed by atoms with van der Waals surface area (Å²) in [6, 6.07) is 20.9. The van der Waals surface area contributed by atoms with Crippen LogP contribution in [0, 0.1) is 0 Å². The van der Waals surface area contributed by atoms with Gasteiger partial charge < -0.3 is 51.4 Å². The Morgan fingerprint density at radius 2 is 1.55 bits per heavy atom. The van der Waals surface area contributed by atoms with Crippen molar-refractivity contribution in [2.75, 3.05) is 74.3 Å². The second-order valence-electron chi connectivity index (χ2n) is 17.8. The van der Waals surface area contributed by atoms with Crippen LogP contribution in [-0.4, -0.2) is 132 Å². The fourth-order valence-corrected chi connectivity index (χ4v) is 9.26. The standard InChI is InChI=1S/C51H55ClN10O9/c1-59-22-24-60(25-23-59)51(70)71-42-28-41-46(37-9-5-4-8-36(37)42)33(29-52)30-62(41)49(68)40-27-32-26-35(16-17-38(32)57-40)56-47(66)31-12-14-34(15-13-31)55-48(67)39(10-7-20-54-50(53)69)58-43(63)11-3-2-6-21-61-44(64)18-19-45(61)65/h4-5,8-9,12-19,26-28,33,39,57H,2-3,6-7,10-11,20-25,29-30H2,1H3,(H,55,67)(H,56,66)(H,58,63)(H3,53,54,69)/t33-,39+/m1/s1. The lowest BCUT2D eigenvalue weighted by molar-refractivity contribution is -0.137. The van der Waals surface area contributed by atoms with E-state index >= 15 is 0 Å². The van der Waals surface area contributed by atoms with Gasteiger partial charge >= 0.3 is 12.1 Å². The highest BCUT2D eigenvalue weighted by atomic mass is 35.5. The van der Waals surface area contributed by atoms with Crippen LogP contribution in [0.3, 0.4) is 0 Å². The van der Waals surface area contributed by atoms with Crippen molar-refractivity contribution in [1.82, 2.24) is 30.3 Å². The maximum atomic E-state index is 14.4. The molecule has 3 aliphatic rings. The zero-order valence-electron chi connectivity index (χ0n) is 39.1. The van der Waals surface area contributed by atoms with E-state index in [0.717, 1.165) is 34.3 Å². The molecule has 0 unspecified atom stereocenters. The molecule has 1 fully saturated rings. The number of aromatic amines is 1. The minimum Gasteiger partial charge on any atom is -0.409 e. The molecular formula is C51H55ClN10O9. The SMILES string of the molecule is CN1CCN(C(=O)Oc2cc3c(c4ccccc24)[C@H](CCl)CN3C(=O)c2cc3cc(NC(=O)c4ccc(NC(=O)[C@H](CCCNC(N)=O)NC(=O)CCCCCN5C(=O)C=CC5=O)cc4)ccc3[nH]2)CC1. The lowest BCUT2D eigenvalue weighted by Crippen LogP contribution is -2.48. The van der Waals surface area contributed by atoms with Crippen LogP contribution in [0.4, 0.5) is 26.7 Å². The molecule has 3 aliphatic heterocycles. The van der Waals surface area contributed by atoms with Crippen LogP contribution < -0.4 is 36.6 Å². The topological polar surface area (TPSA) is 249 Å². The highest BCUT2D eigenvalue weighted by molar-refractivity contribution is 6.19. The zero-order chi connectivity index (χ0) is 50.2. The molecule has 1 aromatic heterocycles. The molecule has 9 amide bonds. The number of imide groups is 1. The van der Waals surface area contributed by atoms with Crippen LogP contribution in [-0.2, 0) is 19.2 Å². The molecule has 1 saturated heterocycles. The third-order valence-electron chi connectivity index (χ3n) is 12.8. The van der Waals surface area contributed by atoms with Crippen LogP contribution in [0.1, 0.15) is 70.9 Å². The van der Waals surface area contributed by atoms with Crippen LogP contribution >= 0.6 is 11.6 Å². The Kier molecular flexibility index (Phi) is 15.6. The molecule has 2 atom stereocenters. The van der Waals surface area contributed by atoms with Gasteiger partial charge in [0.15, 0.2) is 0 Å². The van der Waals surface area contributed by atoms with Crippen molar-refractivity contribution in [3.63, 3.8) is 0 Å². The summed E-state index contributed by atoms with van der Waals surface area (Å²) < 4.78 is 6.04. The molecule has 370 valence electrons. The quantitative estimate of drug-likeness (QED) is 0.0357. The van der Waals surface area contributed by atoms with E-state index in [1.54, 1.807) is 64.4 Å². The van der Waals surface area contributed by atoms with Gasteiger partial charge in [0.2, 0.25) is 11.8 Å². The molecule has 0 bridgehead atoms. The number of hydrogen-bond donors (Lipinski definition) is 6. The number of anilines is 3. The largest absolute Gasteiger partial charge is 0.415 e. The van der Waals surface area contributed by atoms with Crippen LogP contribution in [0.2, 0.25) is 0 Å². The fourth-order valence-electron chi connectivity index (χ4n) is 9.01. The maximum Gasteiger partial charge on any atom is 0.415 e. The number of fused-ring (bicyclic) bond motifs is 4. The molecular weight excluding hydrogens is 932 g/mol. The Balaban J connectivity index is 0.888. The lowest BCUT2D eigenvalue weighted by atomic mass is 9.95. The van der Waals surface area contributed by atoms with E-state index in [2.05, 4.69) is 31.2 Å². The molecule has 0 spiro atoms. The fraction of sp³-hybridized carbons (Fsp3) is 0.333. The van der Waals surface area contributed by atoms with Crippen molar-refractivity contribution in [1.29, 1.82) is 0 Å². The third kappa shape index (κ3) is 11.8. The summed E-state index contributed by atoms with van der Waals surface area (Å²) in [5.41, 5.74) is 8.84. The number of nitrogens with one attached hydrogen (secondary N) is 5. The first kappa shape index (κ1) is 49.6. The van der Waals surface area contributed by atoms with E-state index in [4.69, 9.17) is 22.1 Å². The van der Waals surface area contributed by atoms with Gasteiger partial charge in [-0.3, -0.25) is 33.7 Å². The van der Waals surface area contributed by atoms with Gasteiger partial charge in [-0.15, -0.1) is 11.6 Å². The Bertz CT molecular complexity index is 2900. The number of alkyl halides is 1. The molecule has 71 heavy (non-hydrogen) atoms. The number of aromatic nitrogens is 1. The number of H-pyrrole nitrogens is 1. The number of piperazine rings is 1.